The molecule has 1 aromatic carbocycles. The van der Waals surface area contributed by atoms with Gasteiger partial charge in [0.05, 0.1) is 6.61 Å². The summed E-state index contributed by atoms with van der Waals surface area (Å²) >= 11 is 0. The molecule has 2 heteroatoms. The SMILES string of the molecule is CCCCCCOc1c[c]ccc1F. The van der Waals surface area contributed by atoms with Crippen molar-refractivity contribution in [1.29, 1.82) is 0 Å². The zero-order valence-corrected chi connectivity index (χ0v) is 8.55. The molecule has 0 fully saturated rings. The average molecular weight is 195 g/mol. The van der Waals surface area contributed by atoms with Crippen molar-refractivity contribution in [3.63, 3.8) is 0 Å². The second-order valence-electron chi connectivity index (χ2n) is 3.27. The van der Waals surface area contributed by atoms with Gasteiger partial charge in [0.2, 0.25) is 0 Å². The Labute approximate surface area is 84.9 Å². The quantitative estimate of drug-likeness (QED) is 0.630. The number of hydrogen-bond acceptors (Lipinski definition) is 1. The highest BCUT2D eigenvalue weighted by atomic mass is 19.1. The fraction of sp³-hybridized carbons (Fsp3) is 0.500. The van der Waals surface area contributed by atoms with Crippen molar-refractivity contribution in [3.8, 4) is 5.75 Å². The second kappa shape index (κ2) is 6.41. The van der Waals surface area contributed by atoms with E-state index in [0.717, 1.165) is 12.8 Å². The summed E-state index contributed by atoms with van der Waals surface area (Å²) in [5.74, 6) is 0.00300. The summed E-state index contributed by atoms with van der Waals surface area (Å²) in [6, 6.07) is 7.23. The van der Waals surface area contributed by atoms with Gasteiger partial charge >= 0.3 is 0 Å². The van der Waals surface area contributed by atoms with Gasteiger partial charge in [0.15, 0.2) is 11.6 Å². The Bertz CT molecular complexity index is 260. The highest BCUT2D eigenvalue weighted by molar-refractivity contribution is 5.22. The summed E-state index contributed by atoms with van der Waals surface area (Å²) < 4.78 is 18.3. The molecule has 77 valence electrons. The number of hydrogen-bond donors (Lipinski definition) is 0. The van der Waals surface area contributed by atoms with Crippen LogP contribution in [0.1, 0.15) is 32.6 Å². The first-order valence-corrected chi connectivity index (χ1v) is 5.13. The molecule has 1 nitrogen and oxygen atoms in total. The molecule has 0 aliphatic rings. The van der Waals surface area contributed by atoms with E-state index in [0.29, 0.717) is 12.4 Å². The molecule has 0 unspecified atom stereocenters. The molecule has 0 saturated carbocycles. The van der Waals surface area contributed by atoms with E-state index in [1.54, 1.807) is 6.07 Å². The Morgan fingerprint density at radius 3 is 2.93 bits per heavy atom. The monoisotopic (exact) mass is 195 g/mol. The van der Waals surface area contributed by atoms with Crippen molar-refractivity contribution in [3.05, 3.63) is 30.1 Å². The highest BCUT2D eigenvalue weighted by Crippen LogP contribution is 2.15. The molecule has 1 radical (unpaired) electrons. The Morgan fingerprint density at radius 2 is 2.21 bits per heavy atom. The number of halogens is 1. The summed E-state index contributed by atoms with van der Waals surface area (Å²) in [5, 5.41) is 0. The lowest BCUT2D eigenvalue weighted by molar-refractivity contribution is 0.290. The third kappa shape index (κ3) is 3.77. The topological polar surface area (TPSA) is 9.23 Å². The maximum atomic E-state index is 13.0. The van der Waals surface area contributed by atoms with E-state index in [2.05, 4.69) is 13.0 Å². The summed E-state index contributed by atoms with van der Waals surface area (Å²) in [6.45, 7) is 2.75. The maximum absolute atomic E-state index is 13.0. The molecule has 0 spiro atoms. The van der Waals surface area contributed by atoms with Crippen LogP contribution in [0.25, 0.3) is 0 Å². The Kier molecular flexibility index (Phi) is 5.05. The van der Waals surface area contributed by atoms with Gasteiger partial charge < -0.3 is 4.74 Å². The van der Waals surface area contributed by atoms with Gasteiger partial charge in [-0.05, 0) is 24.6 Å². The largest absolute Gasteiger partial charge is 0.490 e. The van der Waals surface area contributed by atoms with Gasteiger partial charge in [0, 0.05) is 0 Å². The number of ether oxygens (including phenoxy) is 1. The molecule has 14 heavy (non-hydrogen) atoms. The summed E-state index contributed by atoms with van der Waals surface area (Å²) in [6.07, 6.45) is 4.55. The third-order valence-electron chi connectivity index (χ3n) is 2.03. The van der Waals surface area contributed by atoms with E-state index >= 15 is 0 Å². The molecule has 0 bridgehead atoms. The smallest absolute Gasteiger partial charge is 0.165 e. The minimum absolute atomic E-state index is 0.306. The van der Waals surface area contributed by atoms with E-state index in [1.165, 1.54) is 25.0 Å². The van der Waals surface area contributed by atoms with Gasteiger partial charge in [-0.1, -0.05) is 32.3 Å². The molecule has 0 saturated heterocycles. The fourth-order valence-corrected chi connectivity index (χ4v) is 1.22. The van der Waals surface area contributed by atoms with Crippen LogP contribution >= 0.6 is 0 Å². The van der Waals surface area contributed by atoms with Crippen LogP contribution in [0.15, 0.2) is 18.2 Å². The van der Waals surface area contributed by atoms with E-state index in [4.69, 9.17) is 4.74 Å². The van der Waals surface area contributed by atoms with Gasteiger partial charge in [0.1, 0.15) is 0 Å². The minimum Gasteiger partial charge on any atom is -0.490 e. The van der Waals surface area contributed by atoms with Gasteiger partial charge in [0.25, 0.3) is 0 Å². The van der Waals surface area contributed by atoms with Gasteiger partial charge in [-0.3, -0.25) is 0 Å². The molecular formula is C12H16FO. The van der Waals surface area contributed by atoms with Crippen LogP contribution in [0.4, 0.5) is 4.39 Å². The first-order valence-electron chi connectivity index (χ1n) is 5.13. The molecule has 1 rings (SSSR count). The van der Waals surface area contributed by atoms with E-state index < -0.39 is 0 Å². The predicted molar refractivity (Wildman–Crippen MR) is 54.9 cm³/mol. The first kappa shape index (κ1) is 11.0. The van der Waals surface area contributed by atoms with E-state index in [-0.39, 0.29) is 5.82 Å². The molecule has 0 amide bonds. The Balaban J connectivity index is 2.21. The van der Waals surface area contributed by atoms with Crippen LogP contribution in [0.3, 0.4) is 0 Å². The molecule has 0 aromatic heterocycles. The molecule has 0 aliphatic carbocycles. The highest BCUT2D eigenvalue weighted by Gasteiger charge is 2.00. The normalized spacial score (nSPS) is 10.1. The Hall–Kier alpha value is -1.05. The lowest BCUT2D eigenvalue weighted by atomic mass is 10.2. The van der Waals surface area contributed by atoms with Crippen molar-refractivity contribution in [2.45, 2.75) is 32.6 Å². The predicted octanol–water partition coefficient (Wildman–Crippen LogP) is 3.58. The molecule has 0 atom stereocenters. The lowest BCUT2D eigenvalue weighted by Crippen LogP contribution is -1.98. The van der Waals surface area contributed by atoms with Gasteiger partial charge in [-0.25, -0.2) is 4.39 Å². The molecule has 0 aliphatic heterocycles. The lowest BCUT2D eigenvalue weighted by Gasteiger charge is -2.05. The van der Waals surface area contributed by atoms with Crippen LogP contribution < -0.4 is 4.74 Å². The number of benzene rings is 1. The second-order valence-corrected chi connectivity index (χ2v) is 3.27. The van der Waals surface area contributed by atoms with Crippen molar-refractivity contribution < 1.29 is 9.13 Å². The summed E-state index contributed by atoms with van der Waals surface area (Å²) in [7, 11) is 0. The van der Waals surface area contributed by atoms with Crippen LogP contribution in [0.2, 0.25) is 0 Å². The molecular weight excluding hydrogens is 179 g/mol. The molecule has 0 N–H and O–H groups in total. The van der Waals surface area contributed by atoms with Crippen molar-refractivity contribution >= 4 is 0 Å². The maximum Gasteiger partial charge on any atom is 0.165 e. The van der Waals surface area contributed by atoms with Crippen molar-refractivity contribution in [2.75, 3.05) is 6.61 Å². The minimum atomic E-state index is -0.306. The average Bonchev–Trinajstić information content (AvgIpc) is 2.20. The van der Waals surface area contributed by atoms with Crippen LogP contribution in [0, 0.1) is 11.9 Å². The van der Waals surface area contributed by atoms with Crippen LogP contribution in [-0.4, -0.2) is 6.61 Å². The van der Waals surface area contributed by atoms with Crippen LogP contribution in [-0.2, 0) is 0 Å². The summed E-state index contributed by atoms with van der Waals surface area (Å²) in [4.78, 5) is 0. The van der Waals surface area contributed by atoms with Crippen LogP contribution in [0.5, 0.6) is 5.75 Å². The van der Waals surface area contributed by atoms with E-state index in [1.807, 2.05) is 0 Å². The molecule has 1 aromatic rings. The van der Waals surface area contributed by atoms with E-state index in [9.17, 15) is 4.39 Å². The number of rotatable bonds is 6. The molecule has 0 heterocycles. The fourth-order valence-electron chi connectivity index (χ4n) is 1.22. The summed E-state index contributed by atoms with van der Waals surface area (Å²) in [5.41, 5.74) is 0. The third-order valence-corrected chi connectivity index (χ3v) is 2.03. The Morgan fingerprint density at radius 1 is 1.36 bits per heavy atom. The van der Waals surface area contributed by atoms with Crippen molar-refractivity contribution in [1.82, 2.24) is 0 Å². The zero-order valence-electron chi connectivity index (χ0n) is 8.55. The first-order chi connectivity index (χ1) is 6.84. The zero-order chi connectivity index (χ0) is 10.2. The number of unbranched alkanes of at least 4 members (excludes halogenated alkanes) is 3. The van der Waals surface area contributed by atoms with Gasteiger partial charge in [-0.15, -0.1) is 0 Å². The van der Waals surface area contributed by atoms with Gasteiger partial charge in [-0.2, -0.15) is 0 Å². The standard InChI is InChI=1S/C12H16FO/c1-2-3-4-7-10-14-12-9-6-5-8-11(12)13/h5,8-9H,2-4,7,10H2,1H3. The van der Waals surface area contributed by atoms with Crippen molar-refractivity contribution in [2.24, 2.45) is 0 Å².